The highest BCUT2D eigenvalue weighted by Gasteiger charge is 2.58. The molecule has 3 aliphatic rings. The van der Waals surface area contributed by atoms with E-state index in [0.717, 1.165) is 6.42 Å². The van der Waals surface area contributed by atoms with Crippen molar-refractivity contribution in [3.63, 3.8) is 0 Å². The highest BCUT2D eigenvalue weighted by Crippen LogP contribution is 2.57. The third kappa shape index (κ3) is 0.856. The molecule has 13 heavy (non-hydrogen) atoms. The molecule has 0 aromatic heterocycles. The van der Waals surface area contributed by atoms with Crippen LogP contribution in [0.2, 0.25) is 0 Å². The fourth-order valence-electron chi connectivity index (χ4n) is 3.73. The molecule has 2 saturated carbocycles. The summed E-state index contributed by atoms with van der Waals surface area (Å²) in [7, 11) is 0. The Labute approximate surface area is 78.3 Å². The zero-order valence-corrected chi connectivity index (χ0v) is 7.85. The molecule has 0 heterocycles. The molecule has 0 unspecified atom stereocenters. The van der Waals surface area contributed by atoms with Crippen molar-refractivity contribution in [1.29, 1.82) is 0 Å². The third-order valence-corrected chi connectivity index (χ3v) is 4.34. The van der Waals surface area contributed by atoms with Gasteiger partial charge in [0.1, 0.15) is 0 Å². The van der Waals surface area contributed by atoms with Gasteiger partial charge < -0.3 is 10.2 Å². The summed E-state index contributed by atoms with van der Waals surface area (Å²) in [4.78, 5) is 0. The highest BCUT2D eigenvalue weighted by molar-refractivity contribution is 5.20. The lowest BCUT2D eigenvalue weighted by Gasteiger charge is -2.26. The first-order chi connectivity index (χ1) is 6.09. The number of aliphatic hydroxyl groups is 2. The minimum Gasteiger partial charge on any atom is -0.390 e. The first-order valence-electron chi connectivity index (χ1n) is 5.18. The molecule has 2 nitrogen and oxygen atoms in total. The summed E-state index contributed by atoms with van der Waals surface area (Å²) in [6, 6.07) is 0. The van der Waals surface area contributed by atoms with Gasteiger partial charge in [-0.25, -0.2) is 0 Å². The third-order valence-electron chi connectivity index (χ3n) is 4.34. The molecule has 0 aromatic rings. The Morgan fingerprint density at radius 3 is 2.69 bits per heavy atom. The van der Waals surface area contributed by atoms with E-state index in [2.05, 4.69) is 12.2 Å². The summed E-state index contributed by atoms with van der Waals surface area (Å²) in [6.07, 6.45) is 6.00. The van der Waals surface area contributed by atoms with E-state index >= 15 is 0 Å². The van der Waals surface area contributed by atoms with Crippen LogP contribution in [-0.2, 0) is 0 Å². The molecule has 0 spiro atoms. The lowest BCUT2D eigenvalue weighted by atomic mass is 9.85. The van der Waals surface area contributed by atoms with Gasteiger partial charge in [-0.15, -0.1) is 0 Å². The lowest BCUT2D eigenvalue weighted by molar-refractivity contribution is -0.0589. The van der Waals surface area contributed by atoms with E-state index in [1.165, 1.54) is 6.42 Å². The van der Waals surface area contributed by atoms with Gasteiger partial charge >= 0.3 is 0 Å². The normalized spacial score (nSPS) is 63.2. The van der Waals surface area contributed by atoms with Gasteiger partial charge in [0, 0.05) is 0 Å². The van der Waals surface area contributed by atoms with E-state index in [0.29, 0.717) is 23.7 Å². The van der Waals surface area contributed by atoms with Crippen molar-refractivity contribution in [2.24, 2.45) is 23.7 Å². The molecule has 0 radical (unpaired) electrons. The Hall–Kier alpha value is -0.340. The number of hydrogen-bond acceptors (Lipinski definition) is 2. The Bertz CT molecular complexity index is 269. The molecular formula is C11H16O2. The van der Waals surface area contributed by atoms with Crippen molar-refractivity contribution in [3.05, 3.63) is 12.2 Å². The number of rotatable bonds is 0. The van der Waals surface area contributed by atoms with E-state index in [1.54, 1.807) is 6.92 Å². The lowest BCUT2D eigenvalue weighted by Crippen LogP contribution is -2.38. The predicted molar refractivity (Wildman–Crippen MR) is 49.0 cm³/mol. The van der Waals surface area contributed by atoms with Gasteiger partial charge in [-0.1, -0.05) is 12.2 Å². The summed E-state index contributed by atoms with van der Waals surface area (Å²) < 4.78 is 0. The molecule has 0 aliphatic heterocycles. The minimum absolute atomic E-state index is 0.338. The molecule has 2 fully saturated rings. The monoisotopic (exact) mass is 180 g/mol. The average molecular weight is 180 g/mol. The Kier molecular flexibility index (Phi) is 1.34. The van der Waals surface area contributed by atoms with Crippen LogP contribution in [-0.4, -0.2) is 21.9 Å². The summed E-state index contributed by atoms with van der Waals surface area (Å²) in [6.45, 7) is 1.77. The predicted octanol–water partition coefficient (Wildman–Crippen LogP) is 0.940. The van der Waals surface area contributed by atoms with E-state index in [9.17, 15) is 10.2 Å². The van der Waals surface area contributed by atoms with Crippen LogP contribution >= 0.6 is 0 Å². The number of allylic oxidation sites excluding steroid dienone is 2. The van der Waals surface area contributed by atoms with Gasteiger partial charge in [-0.2, -0.15) is 0 Å². The molecular weight excluding hydrogens is 164 g/mol. The fraction of sp³-hybridized carbons (Fsp3) is 0.818. The minimum atomic E-state index is -0.835. The molecule has 0 saturated heterocycles. The molecule has 72 valence electrons. The van der Waals surface area contributed by atoms with Crippen molar-refractivity contribution in [2.45, 2.75) is 31.5 Å². The van der Waals surface area contributed by atoms with Crippen LogP contribution in [0.15, 0.2) is 12.2 Å². The van der Waals surface area contributed by atoms with Crippen LogP contribution in [0.1, 0.15) is 19.8 Å². The molecule has 0 amide bonds. The average Bonchev–Trinajstić information content (AvgIpc) is 2.65. The van der Waals surface area contributed by atoms with Crippen LogP contribution in [0.25, 0.3) is 0 Å². The van der Waals surface area contributed by atoms with Crippen molar-refractivity contribution in [1.82, 2.24) is 0 Å². The Morgan fingerprint density at radius 1 is 1.31 bits per heavy atom. The molecule has 2 N–H and O–H groups in total. The van der Waals surface area contributed by atoms with Gasteiger partial charge in [0.25, 0.3) is 0 Å². The summed E-state index contributed by atoms with van der Waals surface area (Å²) >= 11 is 0. The molecule has 3 rings (SSSR count). The maximum Gasteiger partial charge on any atom is 0.0883 e. The second-order valence-corrected chi connectivity index (χ2v) is 5.20. The fourth-order valence-corrected chi connectivity index (χ4v) is 3.73. The van der Waals surface area contributed by atoms with E-state index in [1.807, 2.05) is 0 Å². The zero-order chi connectivity index (χ0) is 9.22. The first-order valence-corrected chi connectivity index (χ1v) is 5.18. The van der Waals surface area contributed by atoms with Gasteiger partial charge in [-0.3, -0.25) is 0 Å². The van der Waals surface area contributed by atoms with Crippen LogP contribution in [0.3, 0.4) is 0 Å². The van der Waals surface area contributed by atoms with E-state index in [4.69, 9.17) is 0 Å². The quantitative estimate of drug-likeness (QED) is 0.545. The van der Waals surface area contributed by atoms with Gasteiger partial charge in [0.15, 0.2) is 0 Å². The van der Waals surface area contributed by atoms with Crippen LogP contribution in [0.5, 0.6) is 0 Å². The maximum atomic E-state index is 9.97. The standard InChI is InChI=1S/C11H16O2/c1-11(13)5-8-6-2-3-7(4-6)9(8)10(11)12/h2-3,6-10,12-13H,4-5H2,1H3/t6-,7-,8+,9-,10-,11-/m0/s1. The summed E-state index contributed by atoms with van der Waals surface area (Å²) in [5, 5.41) is 19.9. The summed E-state index contributed by atoms with van der Waals surface area (Å²) in [5.41, 5.74) is -0.835. The smallest absolute Gasteiger partial charge is 0.0883 e. The topological polar surface area (TPSA) is 40.5 Å². The van der Waals surface area contributed by atoms with Gasteiger partial charge in [-0.05, 0) is 43.4 Å². The number of hydrogen-bond donors (Lipinski definition) is 2. The Balaban J connectivity index is 1.96. The van der Waals surface area contributed by atoms with Crippen molar-refractivity contribution in [2.75, 3.05) is 0 Å². The number of aliphatic hydroxyl groups excluding tert-OH is 1. The van der Waals surface area contributed by atoms with Crippen molar-refractivity contribution < 1.29 is 10.2 Å². The maximum absolute atomic E-state index is 9.97. The van der Waals surface area contributed by atoms with E-state index < -0.39 is 11.7 Å². The SMILES string of the molecule is C[C@]1(O)C[C@H]2[C@H]([C@H]3C=C[C@H]2C3)[C@@H]1O. The molecule has 3 aliphatic carbocycles. The Morgan fingerprint density at radius 2 is 2.00 bits per heavy atom. The first kappa shape index (κ1) is 8.01. The molecule has 6 atom stereocenters. The largest absolute Gasteiger partial charge is 0.390 e. The number of fused-ring (bicyclic) bond motifs is 5. The van der Waals surface area contributed by atoms with Gasteiger partial charge in [0.2, 0.25) is 0 Å². The van der Waals surface area contributed by atoms with Crippen molar-refractivity contribution >= 4 is 0 Å². The second-order valence-electron chi connectivity index (χ2n) is 5.20. The molecule has 2 bridgehead atoms. The second kappa shape index (κ2) is 2.18. The summed E-state index contributed by atoms with van der Waals surface area (Å²) in [5.74, 6) is 2.06. The molecule has 2 heteroatoms. The van der Waals surface area contributed by atoms with E-state index in [-0.39, 0.29) is 0 Å². The van der Waals surface area contributed by atoms with Crippen molar-refractivity contribution in [3.8, 4) is 0 Å². The van der Waals surface area contributed by atoms with Crippen LogP contribution in [0, 0.1) is 23.7 Å². The van der Waals surface area contributed by atoms with Gasteiger partial charge in [0.05, 0.1) is 11.7 Å². The van der Waals surface area contributed by atoms with Crippen LogP contribution < -0.4 is 0 Å². The zero-order valence-electron chi connectivity index (χ0n) is 7.85. The molecule has 0 aromatic carbocycles. The van der Waals surface area contributed by atoms with Crippen LogP contribution in [0.4, 0.5) is 0 Å². The highest BCUT2D eigenvalue weighted by atomic mass is 16.3.